The predicted octanol–water partition coefficient (Wildman–Crippen LogP) is 10.4. The van der Waals surface area contributed by atoms with E-state index in [0.29, 0.717) is 56.3 Å². The topological polar surface area (TPSA) is 326 Å². The molecule has 4 aliphatic heterocycles. The second-order valence-electron chi connectivity index (χ2n) is 31.1. The molecule has 8 N–H and O–H groups in total. The van der Waals surface area contributed by atoms with Crippen LogP contribution in [0.15, 0.2) is 112 Å². The van der Waals surface area contributed by atoms with Crippen molar-refractivity contribution in [3.63, 3.8) is 0 Å². The van der Waals surface area contributed by atoms with Crippen molar-refractivity contribution in [1.82, 2.24) is 61.1 Å². The smallest absolute Gasteiger partial charge is 0.255 e. The van der Waals surface area contributed by atoms with Gasteiger partial charge in [-0.1, -0.05) is 157 Å². The minimum Gasteiger partial charge on any atom is -0.391 e. The van der Waals surface area contributed by atoms with Crippen LogP contribution in [0.2, 0.25) is 0 Å². The van der Waals surface area contributed by atoms with E-state index in [1.807, 2.05) is 191 Å². The fourth-order valence-electron chi connectivity index (χ4n) is 14.0. The van der Waals surface area contributed by atoms with Crippen LogP contribution < -0.4 is 26.6 Å². The summed E-state index contributed by atoms with van der Waals surface area (Å²) in [6.07, 6.45) is 1.39. The Morgan fingerprint density at radius 2 is 0.964 bits per heavy atom. The first-order valence-corrected chi connectivity index (χ1v) is 42.5. The first-order valence-electron chi connectivity index (χ1n) is 37.6. The van der Waals surface area contributed by atoms with E-state index in [1.54, 1.807) is 45.0 Å². The number of aliphatic hydroxyl groups is 3. The number of aryl methyl sites for hydroxylation is 3. The lowest BCUT2D eigenvalue weighted by Gasteiger charge is -2.35. The van der Waals surface area contributed by atoms with E-state index < -0.39 is 60.0 Å². The molecular formula is C82H105BrN12O12S4. The van der Waals surface area contributed by atoms with Crippen LogP contribution in [0.5, 0.6) is 0 Å². The van der Waals surface area contributed by atoms with E-state index in [1.165, 1.54) is 26.5 Å². The van der Waals surface area contributed by atoms with E-state index >= 15 is 0 Å². The zero-order chi connectivity index (χ0) is 80.7. The number of benzene rings is 4. The summed E-state index contributed by atoms with van der Waals surface area (Å²) in [6.45, 7) is 24.8. The molecule has 0 bridgehead atoms. The maximum absolute atomic E-state index is 13.9. The molecule has 7 aromatic rings. The molecule has 0 radical (unpaired) electrons. The molecular weight excluding hydrogens is 1550 g/mol. The van der Waals surface area contributed by atoms with Crippen LogP contribution in [0.3, 0.4) is 0 Å². The minimum absolute atomic E-state index is 0.0573. The molecule has 0 spiro atoms. The van der Waals surface area contributed by atoms with Gasteiger partial charge in [0.1, 0.15) is 36.3 Å². The number of fused-ring (bicyclic) bond motifs is 1. The van der Waals surface area contributed by atoms with E-state index in [2.05, 4.69) is 57.5 Å². The van der Waals surface area contributed by atoms with Crippen LogP contribution in [-0.2, 0) is 64.5 Å². The number of likely N-dealkylation sites (tertiary alicyclic amines) is 3. The van der Waals surface area contributed by atoms with Crippen molar-refractivity contribution < 1.29 is 58.5 Å². The lowest BCUT2D eigenvalue weighted by Crippen LogP contribution is -2.57. The number of rotatable bonds is 26. The summed E-state index contributed by atoms with van der Waals surface area (Å²) >= 11 is 9.74. The second-order valence-corrected chi connectivity index (χ2v) is 35.4. The van der Waals surface area contributed by atoms with Crippen molar-refractivity contribution in [3.05, 3.63) is 157 Å². The lowest BCUT2D eigenvalue weighted by molar-refractivity contribution is -0.144. The molecule has 111 heavy (non-hydrogen) atoms. The molecule has 4 aromatic carbocycles. The third-order valence-electron chi connectivity index (χ3n) is 20.0. The van der Waals surface area contributed by atoms with Gasteiger partial charge in [0.2, 0.25) is 47.3 Å². The molecule has 9 amide bonds. The summed E-state index contributed by atoms with van der Waals surface area (Å²) in [6, 6.07) is 24.6. The predicted molar refractivity (Wildman–Crippen MR) is 439 cm³/mol. The normalized spacial score (nSPS) is 18.9. The zero-order valence-electron chi connectivity index (χ0n) is 65.4. The van der Waals surface area contributed by atoms with Gasteiger partial charge in [-0.2, -0.15) is 11.8 Å². The largest absolute Gasteiger partial charge is 0.391 e. The van der Waals surface area contributed by atoms with Crippen LogP contribution in [-0.4, -0.2) is 189 Å². The third-order valence-corrected chi connectivity index (χ3v) is 24.3. The van der Waals surface area contributed by atoms with Crippen molar-refractivity contribution in [2.45, 2.75) is 202 Å². The van der Waals surface area contributed by atoms with Gasteiger partial charge in [-0.25, -0.2) is 15.0 Å². The maximum atomic E-state index is 13.9. The van der Waals surface area contributed by atoms with E-state index in [0.717, 1.165) is 81.6 Å². The number of nitrogens with one attached hydrogen (secondary N) is 5. The number of nitrogens with zero attached hydrogens (tertiary/aromatic N) is 7. The number of carbonyl (C=O) groups is 9. The molecule has 0 saturated carbocycles. The molecule has 0 aliphatic carbocycles. The quantitative estimate of drug-likeness (QED) is 0.0250. The standard InChI is InChI=1S/C29H31BrN4O4S.C27H38N4O4S.C26H36N4O4S2/c1-16(2)25(34-14-22-21(28(34)37)5-4-6-23(22)30)29(38)33-13-20(35)11-24(33)27(36)31-12-18-7-9-19(10-8-18)26-17(3)32-15-39-26;1-16(2)11-22(33)30-24(27(4,5)6)26(35)31-14-20(32)12-21(31)25(34)28-13-18-7-9-19(10-8-18)23-17(3)29-15-36-23;1-16(2)5-10-23(32)29-21(14-35-4)26(34)30-13-20(31)11-22(30)25(33)27-12-18-6-8-19(9-7-18)24-17(3)28-15-36-24/h4-10,15-16,20,24-25,35H,11-14H2,1-3H3,(H,31,36);7-10,15-16,20-21,24,32H,11-14H2,1-6H3,(H,28,34)(H,30,33);6-9,15-16,20-22,31H,5,10-14H2,1-4H3,(H,27,33)(H,29,32)/t20-,24+,25+;20-,21+,24-;20-,21+,22+/m111/s1. The molecule has 3 saturated heterocycles. The Labute approximate surface area is 675 Å². The van der Waals surface area contributed by atoms with Gasteiger partial charge in [-0.05, 0) is 108 Å². The number of β-amino-alcohol motifs (C(OH)–C–C–N with tert-alkyl or cyclic N) is 3. The van der Waals surface area contributed by atoms with Crippen molar-refractivity contribution >= 4 is 115 Å². The number of hydrogen-bond acceptors (Lipinski definition) is 19. The fraction of sp³-hybridized carbons (Fsp3) is 0.488. The molecule has 24 nitrogen and oxygen atoms in total. The Hall–Kier alpha value is -8.29. The van der Waals surface area contributed by atoms with Gasteiger partial charge in [-0.15, -0.1) is 34.0 Å². The first-order chi connectivity index (χ1) is 52.7. The highest BCUT2D eigenvalue weighted by Gasteiger charge is 2.48. The minimum atomic E-state index is -0.806. The van der Waals surface area contributed by atoms with Crippen LogP contribution in [0.25, 0.3) is 31.3 Å². The summed E-state index contributed by atoms with van der Waals surface area (Å²) in [5.41, 5.74) is 15.3. The van der Waals surface area contributed by atoms with Crippen LogP contribution in [0.4, 0.5) is 0 Å². The highest BCUT2D eigenvalue weighted by molar-refractivity contribution is 9.10. The molecule has 3 aromatic heterocycles. The Morgan fingerprint density at radius 3 is 1.32 bits per heavy atom. The Balaban J connectivity index is 0.000000192. The first kappa shape index (κ1) is 86.7. The van der Waals surface area contributed by atoms with E-state index in [9.17, 15) is 58.5 Å². The highest BCUT2D eigenvalue weighted by atomic mass is 79.9. The van der Waals surface area contributed by atoms with Gasteiger partial charge in [-0.3, -0.25) is 43.2 Å². The molecule has 9 atom stereocenters. The van der Waals surface area contributed by atoms with Gasteiger partial charge in [0.25, 0.3) is 5.91 Å². The van der Waals surface area contributed by atoms with Gasteiger partial charge in [0, 0.05) is 93.7 Å². The Morgan fingerprint density at radius 1 is 0.559 bits per heavy atom. The van der Waals surface area contributed by atoms with Crippen LogP contribution >= 0.6 is 61.7 Å². The number of thioether (sulfide) groups is 1. The van der Waals surface area contributed by atoms with Gasteiger partial charge < -0.3 is 61.5 Å². The summed E-state index contributed by atoms with van der Waals surface area (Å²) < 4.78 is 0.829. The summed E-state index contributed by atoms with van der Waals surface area (Å²) in [5.74, 6) is -1.74. The SMILES string of the molecule is CSC[C@H](NC(=O)CCC(C)C)C(=O)N1C[C@H](O)C[C@H]1C(=O)NCc1ccc(-c2scnc2C)cc1.Cc1ncsc1-c1ccc(CNC(=O)[C@@H]2C[C@@H](O)CN2C(=O)[C@@H](NC(=O)CC(C)C)C(C)(C)C)cc1.Cc1ncsc1-c1ccc(CNC(=O)[C@@H]2C[C@@H](O)CN2C(=O)[C@H](C(C)C)N2Cc3c(Br)cccc3C2=O)cc1. The molecule has 596 valence electrons. The van der Waals surface area contributed by atoms with Crippen molar-refractivity contribution in [2.75, 3.05) is 31.6 Å². The van der Waals surface area contributed by atoms with Crippen LogP contribution in [0.1, 0.15) is 151 Å². The third kappa shape index (κ3) is 22.8. The Kier molecular flexibility index (Phi) is 30.8. The number of aliphatic hydroxyl groups excluding tert-OH is 3. The van der Waals surface area contributed by atoms with E-state index in [-0.39, 0.29) is 104 Å². The van der Waals surface area contributed by atoms with Crippen LogP contribution in [0, 0.1) is 43.9 Å². The van der Waals surface area contributed by atoms with Crippen molar-refractivity contribution in [3.8, 4) is 31.3 Å². The number of carbonyl (C=O) groups excluding carboxylic acids is 9. The summed E-state index contributed by atoms with van der Waals surface area (Å²) in [7, 11) is 0. The second kappa shape index (κ2) is 39.4. The molecule has 7 heterocycles. The number of amides is 9. The zero-order valence-corrected chi connectivity index (χ0v) is 70.2. The average Bonchev–Trinajstić information content (AvgIpc) is 1.60. The van der Waals surface area contributed by atoms with E-state index in [4.69, 9.17) is 0 Å². The summed E-state index contributed by atoms with van der Waals surface area (Å²) in [5, 5.41) is 45.5. The fourth-order valence-corrected chi connectivity index (χ4v) is 17.5. The maximum Gasteiger partial charge on any atom is 0.255 e. The number of halogens is 1. The Bertz CT molecular complexity index is 4390. The van der Waals surface area contributed by atoms with Crippen molar-refractivity contribution in [2.24, 2.45) is 23.2 Å². The monoisotopic (exact) mass is 1660 g/mol. The molecule has 29 heteroatoms. The lowest BCUT2D eigenvalue weighted by atomic mass is 9.85. The van der Waals surface area contributed by atoms with Crippen molar-refractivity contribution in [1.29, 1.82) is 0 Å². The molecule has 4 aliphatic rings. The van der Waals surface area contributed by atoms with Gasteiger partial charge >= 0.3 is 0 Å². The number of aromatic nitrogens is 3. The number of thiazole rings is 3. The molecule has 0 unspecified atom stereocenters. The van der Waals surface area contributed by atoms with Gasteiger partial charge in [0.15, 0.2) is 0 Å². The highest BCUT2D eigenvalue weighted by Crippen LogP contribution is 2.36. The molecule has 3 fully saturated rings. The van der Waals surface area contributed by atoms with Gasteiger partial charge in [0.05, 0.1) is 66.6 Å². The average molecular weight is 1660 g/mol. The number of hydrogen-bond donors (Lipinski definition) is 8. The summed E-state index contributed by atoms with van der Waals surface area (Å²) in [4.78, 5) is 140. The molecule has 11 rings (SSSR count).